The second kappa shape index (κ2) is 23.5. The van der Waals surface area contributed by atoms with Gasteiger partial charge in [-0.3, -0.25) is 9.59 Å². The van der Waals surface area contributed by atoms with Crippen molar-refractivity contribution in [3.8, 4) is 17.2 Å². The molecule has 7 nitrogen and oxygen atoms in total. The fraction of sp³-hybridized carbons (Fsp3) is 0.583. The molecule has 2 aliphatic rings. The monoisotopic (exact) mass is 784 g/mol. The highest BCUT2D eigenvalue weighted by molar-refractivity contribution is 6.30. The van der Waals surface area contributed by atoms with Crippen molar-refractivity contribution >= 4 is 34.9 Å². The van der Waals surface area contributed by atoms with Gasteiger partial charge in [0.2, 0.25) is 0 Å². The number of hydrogen-bond donors (Lipinski definition) is 0. The average molecular weight is 786 g/mol. The first kappa shape index (κ1) is 43.4. The molecule has 0 heterocycles. The highest BCUT2D eigenvalue weighted by Gasteiger charge is 2.29. The van der Waals surface area contributed by atoms with Crippen LogP contribution in [-0.4, -0.2) is 11.9 Å². The summed E-state index contributed by atoms with van der Waals surface area (Å²) in [6.07, 6.45) is 21.8. The summed E-state index contributed by atoms with van der Waals surface area (Å²) in [5, 5.41) is 9.81. The number of esters is 2. The number of carbonyl (C=O) groups excluding carboxylic acids is 2. The van der Waals surface area contributed by atoms with Gasteiger partial charge in [-0.1, -0.05) is 109 Å². The minimum atomic E-state index is -0.258. The lowest BCUT2D eigenvalue weighted by atomic mass is 9.80. The van der Waals surface area contributed by atoms with Crippen molar-refractivity contribution in [3.63, 3.8) is 0 Å². The van der Waals surface area contributed by atoms with E-state index in [4.69, 9.17) is 25.8 Å². The van der Waals surface area contributed by atoms with E-state index in [0.29, 0.717) is 39.6 Å². The fourth-order valence-electron chi connectivity index (χ4n) is 8.27. The summed E-state index contributed by atoms with van der Waals surface area (Å²) < 4.78 is 18.5. The molecule has 5 rings (SSSR count). The molecule has 3 aromatic rings. The third-order valence-electron chi connectivity index (χ3n) is 11.9. The van der Waals surface area contributed by atoms with Gasteiger partial charge in [0.05, 0.1) is 17.5 Å². The summed E-state index contributed by atoms with van der Waals surface area (Å²) in [5.41, 5.74) is 2.14. The minimum absolute atomic E-state index is 0.0357. The molecule has 0 N–H and O–H groups in total. The van der Waals surface area contributed by atoms with E-state index in [-0.39, 0.29) is 29.9 Å². The van der Waals surface area contributed by atoms with Gasteiger partial charge in [-0.05, 0) is 130 Å². The number of halogens is 1. The van der Waals surface area contributed by atoms with E-state index < -0.39 is 0 Å². The van der Waals surface area contributed by atoms with E-state index in [1.165, 1.54) is 51.4 Å². The van der Waals surface area contributed by atoms with Crippen LogP contribution < -0.4 is 14.2 Å². The molecule has 2 aliphatic carbocycles. The molecule has 56 heavy (non-hydrogen) atoms. The van der Waals surface area contributed by atoms with Crippen LogP contribution in [0.2, 0.25) is 5.02 Å². The van der Waals surface area contributed by atoms with Crippen molar-refractivity contribution in [1.82, 2.24) is 0 Å². The Labute approximate surface area is 341 Å². The second-order valence-electron chi connectivity index (χ2n) is 16.2. The zero-order valence-corrected chi connectivity index (χ0v) is 34.9. The molecule has 0 aromatic heterocycles. The molecule has 0 saturated heterocycles. The van der Waals surface area contributed by atoms with E-state index in [2.05, 4.69) is 31.0 Å². The van der Waals surface area contributed by atoms with Gasteiger partial charge in [0.1, 0.15) is 23.3 Å². The summed E-state index contributed by atoms with van der Waals surface area (Å²) in [6.45, 7) is 6.66. The molecule has 0 radical (unpaired) electrons. The number of ether oxygens (including phenoxy) is 3. The lowest BCUT2D eigenvalue weighted by molar-refractivity contribution is -0.141. The molecule has 2 saturated carbocycles. The number of rotatable bonds is 21. The summed E-state index contributed by atoms with van der Waals surface area (Å²) in [4.78, 5) is 26.4. The van der Waals surface area contributed by atoms with Gasteiger partial charge < -0.3 is 14.2 Å². The van der Waals surface area contributed by atoms with E-state index in [1.54, 1.807) is 42.5 Å². The van der Waals surface area contributed by atoms with Crippen molar-refractivity contribution in [1.29, 1.82) is 0 Å². The van der Waals surface area contributed by atoms with Gasteiger partial charge in [-0.15, -0.1) is 5.11 Å². The molecule has 2 fully saturated rings. The molecule has 0 aliphatic heterocycles. The fourth-order valence-corrected chi connectivity index (χ4v) is 8.40. The van der Waals surface area contributed by atoms with Gasteiger partial charge in [-0.25, -0.2) is 0 Å². The SMILES string of the molecule is CCCCCC1CCC(C(=O)Oc2ccc(N=Nc3ccc(OC(=O)C4CCC(CCCCC)CC4)cc3O[C@H](CCCCC)c3ccc(Cl)cc3)cc2)CC1. The van der Waals surface area contributed by atoms with Crippen LogP contribution in [0, 0.1) is 23.7 Å². The van der Waals surface area contributed by atoms with Crippen molar-refractivity contribution in [2.24, 2.45) is 33.9 Å². The summed E-state index contributed by atoms with van der Waals surface area (Å²) >= 11 is 6.25. The maximum atomic E-state index is 13.4. The Kier molecular flexibility index (Phi) is 18.2. The van der Waals surface area contributed by atoms with E-state index in [9.17, 15) is 9.59 Å². The van der Waals surface area contributed by atoms with E-state index in [1.807, 2.05) is 24.3 Å². The average Bonchev–Trinajstić information content (AvgIpc) is 3.22. The zero-order valence-electron chi connectivity index (χ0n) is 34.2. The summed E-state index contributed by atoms with van der Waals surface area (Å²) in [6, 6.07) is 20.2. The summed E-state index contributed by atoms with van der Waals surface area (Å²) in [7, 11) is 0. The third-order valence-corrected chi connectivity index (χ3v) is 12.1. The Bertz CT molecular complexity index is 1640. The van der Waals surface area contributed by atoms with Crippen LogP contribution in [0.4, 0.5) is 11.4 Å². The van der Waals surface area contributed by atoms with Crippen LogP contribution in [0.5, 0.6) is 17.2 Å². The van der Waals surface area contributed by atoms with Gasteiger partial charge in [0, 0.05) is 11.1 Å². The summed E-state index contributed by atoms with van der Waals surface area (Å²) in [5.74, 6) is 2.45. The molecule has 3 aromatic carbocycles. The predicted molar refractivity (Wildman–Crippen MR) is 226 cm³/mol. The van der Waals surface area contributed by atoms with Crippen LogP contribution in [0.15, 0.2) is 77.0 Å². The smallest absolute Gasteiger partial charge is 0.314 e. The van der Waals surface area contributed by atoms with E-state index >= 15 is 0 Å². The first-order valence-electron chi connectivity index (χ1n) is 21.9. The van der Waals surface area contributed by atoms with Crippen LogP contribution in [0.3, 0.4) is 0 Å². The van der Waals surface area contributed by atoms with Crippen molar-refractivity contribution < 1.29 is 23.8 Å². The maximum Gasteiger partial charge on any atom is 0.314 e. The van der Waals surface area contributed by atoms with Crippen LogP contribution in [0.1, 0.15) is 161 Å². The highest BCUT2D eigenvalue weighted by atomic mass is 35.5. The van der Waals surface area contributed by atoms with Crippen molar-refractivity contribution in [2.75, 3.05) is 0 Å². The Morgan fingerprint density at radius 1 is 0.625 bits per heavy atom. The first-order valence-corrected chi connectivity index (χ1v) is 22.2. The Hall–Kier alpha value is -3.71. The van der Waals surface area contributed by atoms with Crippen molar-refractivity contribution in [3.05, 3.63) is 77.3 Å². The number of hydrogen-bond acceptors (Lipinski definition) is 7. The quantitative estimate of drug-likeness (QED) is 0.0464. The van der Waals surface area contributed by atoms with Crippen LogP contribution in [0.25, 0.3) is 0 Å². The molecular formula is C48H65ClN2O5. The molecule has 1 atom stereocenters. The molecule has 8 heteroatoms. The normalized spacial score (nSPS) is 20.4. The molecular weight excluding hydrogens is 720 g/mol. The number of unbranched alkanes of at least 4 members (excludes halogenated alkanes) is 6. The standard InChI is InChI=1S/C48H65ClN2O5/c1-4-7-10-13-35-16-20-38(21-17-35)47(52)54-42-30-28-41(29-31-42)50-51-44-33-32-43(55-48(53)39-22-18-36(19-23-39)14-11-8-5-2)34-46(44)56-45(15-12-9-6-3)37-24-26-40(49)27-25-37/h24-36,38-39,45H,4-23H2,1-3H3/t35?,36?,38?,39?,45-/m1/s1. The third kappa shape index (κ3) is 14.0. The van der Waals surface area contributed by atoms with Gasteiger partial charge in [0.25, 0.3) is 0 Å². The van der Waals surface area contributed by atoms with Gasteiger partial charge in [-0.2, -0.15) is 5.11 Å². The molecule has 0 amide bonds. The highest BCUT2D eigenvalue weighted by Crippen LogP contribution is 2.39. The largest absolute Gasteiger partial charge is 0.483 e. The Balaban J connectivity index is 1.26. The van der Waals surface area contributed by atoms with Crippen LogP contribution >= 0.6 is 11.6 Å². The van der Waals surface area contributed by atoms with Crippen LogP contribution in [-0.2, 0) is 9.59 Å². The number of carbonyl (C=O) groups is 2. The zero-order chi connectivity index (χ0) is 39.5. The van der Waals surface area contributed by atoms with E-state index in [0.717, 1.165) is 88.5 Å². The van der Waals surface area contributed by atoms with Gasteiger partial charge in [0.15, 0.2) is 5.75 Å². The lowest BCUT2D eigenvalue weighted by Crippen LogP contribution is -2.25. The molecule has 0 unspecified atom stereocenters. The minimum Gasteiger partial charge on any atom is -0.483 e. The second-order valence-corrected chi connectivity index (χ2v) is 16.7. The number of nitrogens with zero attached hydrogens (tertiary/aromatic N) is 2. The predicted octanol–water partition coefficient (Wildman–Crippen LogP) is 15.0. The molecule has 304 valence electrons. The first-order chi connectivity index (χ1) is 27.3. The number of benzene rings is 3. The van der Waals surface area contributed by atoms with Crippen molar-refractivity contribution in [2.45, 2.75) is 155 Å². The Morgan fingerprint density at radius 3 is 1.70 bits per heavy atom. The topological polar surface area (TPSA) is 86.5 Å². The Morgan fingerprint density at radius 2 is 1.14 bits per heavy atom. The number of azo groups is 1. The van der Waals surface area contributed by atoms with Gasteiger partial charge >= 0.3 is 11.9 Å². The lowest BCUT2D eigenvalue weighted by Gasteiger charge is -2.27. The maximum absolute atomic E-state index is 13.4. The molecule has 0 bridgehead atoms. The molecule has 0 spiro atoms.